The van der Waals surface area contributed by atoms with Gasteiger partial charge in [0.1, 0.15) is 0 Å². The van der Waals surface area contributed by atoms with Crippen LogP contribution < -0.4 is 5.32 Å². The number of carbonyl (C=O) groups is 1. The number of likely N-dealkylation sites (N-methyl/N-ethyl adjacent to an activating group) is 1. The lowest BCUT2D eigenvalue weighted by Crippen LogP contribution is -2.43. The summed E-state index contributed by atoms with van der Waals surface area (Å²) < 4.78 is 0. The van der Waals surface area contributed by atoms with Crippen molar-refractivity contribution in [2.45, 2.75) is 70.4 Å². The largest absolute Gasteiger partial charge is 0.352 e. The van der Waals surface area contributed by atoms with Gasteiger partial charge in [-0.25, -0.2) is 0 Å². The predicted molar refractivity (Wildman–Crippen MR) is 74.4 cm³/mol. The van der Waals surface area contributed by atoms with E-state index in [9.17, 15) is 4.79 Å². The molecule has 1 amide bonds. The first-order valence-corrected chi connectivity index (χ1v) is 7.66. The Morgan fingerprint density at radius 3 is 2.33 bits per heavy atom. The Morgan fingerprint density at radius 2 is 1.78 bits per heavy atom. The van der Waals surface area contributed by atoms with Gasteiger partial charge in [-0.15, -0.1) is 0 Å². The lowest BCUT2D eigenvalue weighted by atomic mass is 10.1. The third-order valence-corrected chi connectivity index (χ3v) is 4.56. The smallest absolute Gasteiger partial charge is 0.234 e. The summed E-state index contributed by atoms with van der Waals surface area (Å²) in [6.07, 6.45) is 10.5. The summed E-state index contributed by atoms with van der Waals surface area (Å²) in [4.78, 5) is 14.2. The van der Waals surface area contributed by atoms with Crippen molar-refractivity contribution in [2.24, 2.45) is 5.92 Å². The van der Waals surface area contributed by atoms with E-state index in [0.717, 1.165) is 5.92 Å². The molecule has 0 spiro atoms. The molecule has 1 atom stereocenters. The number of nitrogens with zero attached hydrogens (tertiary/aromatic N) is 1. The Kier molecular flexibility index (Phi) is 5.04. The van der Waals surface area contributed by atoms with Crippen LogP contribution in [0.3, 0.4) is 0 Å². The van der Waals surface area contributed by atoms with Crippen LogP contribution in [0.1, 0.15) is 58.3 Å². The highest BCUT2D eigenvalue weighted by Crippen LogP contribution is 2.32. The number of hydrogen-bond acceptors (Lipinski definition) is 2. The molecular formula is C15H28N2O. The third-order valence-electron chi connectivity index (χ3n) is 4.56. The number of rotatable bonds is 5. The van der Waals surface area contributed by atoms with Crippen LogP contribution >= 0.6 is 0 Å². The van der Waals surface area contributed by atoms with Gasteiger partial charge in [0.05, 0.1) is 6.54 Å². The maximum absolute atomic E-state index is 12.0. The minimum absolute atomic E-state index is 0.209. The van der Waals surface area contributed by atoms with Gasteiger partial charge in [-0.3, -0.25) is 9.69 Å². The standard InChI is InChI=1S/C15H28N2O/c1-12(13-9-10-13)16-15(18)11-17(2)14-7-5-3-4-6-8-14/h12-14H,3-11H2,1-2H3,(H,16,18). The zero-order valence-corrected chi connectivity index (χ0v) is 12.0. The van der Waals surface area contributed by atoms with Crippen molar-refractivity contribution >= 4 is 5.91 Å². The molecule has 0 aromatic carbocycles. The summed E-state index contributed by atoms with van der Waals surface area (Å²) in [6.45, 7) is 2.71. The Hall–Kier alpha value is -0.570. The van der Waals surface area contributed by atoms with E-state index in [1.54, 1.807) is 0 Å². The van der Waals surface area contributed by atoms with Crippen LogP contribution in [0.4, 0.5) is 0 Å². The second kappa shape index (κ2) is 6.55. The summed E-state index contributed by atoms with van der Waals surface area (Å²) >= 11 is 0. The average molecular weight is 252 g/mol. The van der Waals surface area contributed by atoms with E-state index in [1.165, 1.54) is 51.4 Å². The molecule has 2 saturated carbocycles. The maximum atomic E-state index is 12.0. The van der Waals surface area contributed by atoms with Crippen molar-refractivity contribution in [3.8, 4) is 0 Å². The normalized spacial score (nSPS) is 23.7. The van der Waals surface area contributed by atoms with Crippen molar-refractivity contribution in [1.29, 1.82) is 0 Å². The molecule has 0 aromatic rings. The molecule has 0 heterocycles. The van der Waals surface area contributed by atoms with Crippen LogP contribution in [0.25, 0.3) is 0 Å². The summed E-state index contributed by atoms with van der Waals surface area (Å²) in [5.74, 6) is 0.957. The fourth-order valence-corrected chi connectivity index (χ4v) is 3.07. The van der Waals surface area contributed by atoms with Crippen LogP contribution in [0.5, 0.6) is 0 Å². The molecular weight excluding hydrogens is 224 g/mol. The third kappa shape index (κ3) is 4.27. The van der Waals surface area contributed by atoms with Gasteiger partial charge < -0.3 is 5.32 Å². The van der Waals surface area contributed by atoms with Gasteiger partial charge in [-0.1, -0.05) is 25.7 Å². The van der Waals surface area contributed by atoms with E-state index in [2.05, 4.69) is 24.2 Å². The van der Waals surface area contributed by atoms with Crippen LogP contribution in [0.15, 0.2) is 0 Å². The van der Waals surface area contributed by atoms with Gasteiger partial charge in [-0.05, 0) is 45.6 Å². The summed E-state index contributed by atoms with van der Waals surface area (Å²) in [6, 6.07) is 0.995. The van der Waals surface area contributed by atoms with Crippen molar-refractivity contribution in [3.63, 3.8) is 0 Å². The van der Waals surface area contributed by atoms with Crippen LogP contribution in [-0.4, -0.2) is 36.5 Å². The zero-order valence-electron chi connectivity index (χ0n) is 12.0. The molecule has 2 aliphatic carbocycles. The van der Waals surface area contributed by atoms with Crippen molar-refractivity contribution < 1.29 is 4.79 Å². The maximum Gasteiger partial charge on any atom is 0.234 e. The minimum Gasteiger partial charge on any atom is -0.352 e. The van der Waals surface area contributed by atoms with Gasteiger partial charge in [0.25, 0.3) is 0 Å². The van der Waals surface area contributed by atoms with Gasteiger partial charge in [0.15, 0.2) is 0 Å². The number of amides is 1. The molecule has 18 heavy (non-hydrogen) atoms. The zero-order chi connectivity index (χ0) is 13.0. The van der Waals surface area contributed by atoms with Crippen molar-refractivity contribution in [2.75, 3.05) is 13.6 Å². The summed E-state index contributed by atoms with van der Waals surface area (Å²) in [5, 5.41) is 3.15. The van der Waals surface area contributed by atoms with Crippen LogP contribution in [-0.2, 0) is 4.79 Å². The topological polar surface area (TPSA) is 32.3 Å². The minimum atomic E-state index is 0.209. The van der Waals surface area contributed by atoms with E-state index in [0.29, 0.717) is 18.6 Å². The van der Waals surface area contributed by atoms with E-state index in [4.69, 9.17) is 0 Å². The molecule has 104 valence electrons. The Bertz CT molecular complexity index is 268. The molecule has 2 aliphatic rings. The van der Waals surface area contributed by atoms with Crippen molar-refractivity contribution in [3.05, 3.63) is 0 Å². The fourth-order valence-electron chi connectivity index (χ4n) is 3.07. The molecule has 0 saturated heterocycles. The molecule has 0 radical (unpaired) electrons. The van der Waals surface area contributed by atoms with E-state index in [1.807, 2.05) is 0 Å². The first-order valence-electron chi connectivity index (χ1n) is 7.66. The Labute approximate surface area is 111 Å². The number of nitrogens with one attached hydrogen (secondary N) is 1. The monoisotopic (exact) mass is 252 g/mol. The van der Waals surface area contributed by atoms with Gasteiger partial charge in [0, 0.05) is 12.1 Å². The highest BCUT2D eigenvalue weighted by atomic mass is 16.2. The number of carbonyl (C=O) groups excluding carboxylic acids is 1. The molecule has 1 unspecified atom stereocenters. The quantitative estimate of drug-likeness (QED) is 0.763. The highest BCUT2D eigenvalue weighted by molar-refractivity contribution is 5.78. The van der Waals surface area contributed by atoms with Crippen LogP contribution in [0.2, 0.25) is 0 Å². The fraction of sp³-hybridized carbons (Fsp3) is 0.933. The Morgan fingerprint density at radius 1 is 1.17 bits per heavy atom. The highest BCUT2D eigenvalue weighted by Gasteiger charge is 2.29. The van der Waals surface area contributed by atoms with E-state index >= 15 is 0 Å². The predicted octanol–water partition coefficient (Wildman–Crippen LogP) is 2.56. The molecule has 0 bridgehead atoms. The van der Waals surface area contributed by atoms with Crippen LogP contribution in [0, 0.1) is 5.92 Å². The SMILES string of the molecule is CC(NC(=O)CN(C)C1CCCCCC1)C1CC1. The van der Waals surface area contributed by atoms with Crippen molar-refractivity contribution in [1.82, 2.24) is 10.2 Å². The lowest BCUT2D eigenvalue weighted by Gasteiger charge is -2.27. The lowest BCUT2D eigenvalue weighted by molar-refractivity contribution is -0.123. The first-order chi connectivity index (χ1) is 8.66. The molecule has 0 aliphatic heterocycles. The second-order valence-corrected chi connectivity index (χ2v) is 6.25. The van der Waals surface area contributed by atoms with Gasteiger partial charge >= 0.3 is 0 Å². The molecule has 3 nitrogen and oxygen atoms in total. The summed E-state index contributed by atoms with van der Waals surface area (Å²) in [7, 11) is 2.11. The molecule has 1 N–H and O–H groups in total. The molecule has 3 heteroatoms. The van der Waals surface area contributed by atoms with E-state index in [-0.39, 0.29) is 5.91 Å². The van der Waals surface area contributed by atoms with Gasteiger partial charge in [-0.2, -0.15) is 0 Å². The number of hydrogen-bond donors (Lipinski definition) is 1. The van der Waals surface area contributed by atoms with Gasteiger partial charge in [0.2, 0.25) is 5.91 Å². The Balaban J connectivity index is 1.71. The first kappa shape index (κ1) is 13.9. The molecule has 0 aromatic heterocycles. The summed E-state index contributed by atoms with van der Waals surface area (Å²) in [5.41, 5.74) is 0. The average Bonchev–Trinajstić information content (AvgIpc) is 3.16. The second-order valence-electron chi connectivity index (χ2n) is 6.25. The van der Waals surface area contributed by atoms with E-state index < -0.39 is 0 Å². The molecule has 2 rings (SSSR count). The molecule has 2 fully saturated rings.